The van der Waals surface area contributed by atoms with E-state index in [-0.39, 0.29) is 11.3 Å². The number of rotatable bonds is 3. The minimum Gasteiger partial charge on any atom is -0.329 e. The van der Waals surface area contributed by atoms with Crippen LogP contribution in [0.1, 0.15) is 32.1 Å². The van der Waals surface area contributed by atoms with E-state index in [0.717, 1.165) is 31.4 Å². The van der Waals surface area contributed by atoms with Crippen molar-refractivity contribution in [2.75, 3.05) is 11.9 Å². The molecule has 0 spiro atoms. The molecule has 0 radical (unpaired) electrons. The number of hydrogen-bond acceptors (Lipinski definition) is 2. The van der Waals surface area contributed by atoms with Gasteiger partial charge in [0.25, 0.3) is 0 Å². The molecule has 3 nitrogen and oxygen atoms in total. The lowest BCUT2D eigenvalue weighted by Gasteiger charge is -2.34. The molecule has 1 aliphatic rings. The highest BCUT2D eigenvalue weighted by atomic mass is 16.2. The van der Waals surface area contributed by atoms with Gasteiger partial charge >= 0.3 is 0 Å². The third-order valence-corrected chi connectivity index (χ3v) is 3.71. The normalized spacial score (nSPS) is 18.6. The van der Waals surface area contributed by atoms with Crippen molar-refractivity contribution in [3.05, 3.63) is 30.3 Å². The summed E-state index contributed by atoms with van der Waals surface area (Å²) in [6, 6.07) is 9.60. The monoisotopic (exact) mass is 232 g/mol. The predicted octanol–water partition coefficient (Wildman–Crippen LogP) is 2.53. The first-order valence-corrected chi connectivity index (χ1v) is 6.33. The maximum Gasteiger partial charge on any atom is 0.231 e. The lowest BCUT2D eigenvalue weighted by atomic mass is 9.73. The topological polar surface area (TPSA) is 55.1 Å². The lowest BCUT2D eigenvalue weighted by Crippen LogP contribution is -2.43. The largest absolute Gasteiger partial charge is 0.329 e. The van der Waals surface area contributed by atoms with Crippen molar-refractivity contribution >= 4 is 11.6 Å². The molecule has 0 aliphatic heterocycles. The molecule has 1 saturated carbocycles. The summed E-state index contributed by atoms with van der Waals surface area (Å²) in [5.41, 5.74) is 6.35. The van der Waals surface area contributed by atoms with E-state index in [9.17, 15) is 4.79 Å². The van der Waals surface area contributed by atoms with Crippen LogP contribution >= 0.6 is 0 Å². The molecule has 1 amide bonds. The summed E-state index contributed by atoms with van der Waals surface area (Å²) in [4.78, 5) is 12.3. The number of amides is 1. The maximum absolute atomic E-state index is 12.3. The molecule has 0 atom stereocenters. The summed E-state index contributed by atoms with van der Waals surface area (Å²) in [6.45, 7) is 0.450. The second kappa shape index (κ2) is 5.32. The maximum atomic E-state index is 12.3. The van der Waals surface area contributed by atoms with E-state index >= 15 is 0 Å². The van der Waals surface area contributed by atoms with Crippen LogP contribution in [-0.2, 0) is 4.79 Å². The molecule has 92 valence electrons. The highest BCUT2D eigenvalue weighted by Gasteiger charge is 2.38. The molecule has 1 aromatic carbocycles. The summed E-state index contributed by atoms with van der Waals surface area (Å²) in [7, 11) is 0. The molecule has 1 aliphatic carbocycles. The Balaban J connectivity index is 2.07. The average molecular weight is 232 g/mol. The number of benzene rings is 1. The van der Waals surface area contributed by atoms with Crippen LogP contribution in [0.4, 0.5) is 5.69 Å². The van der Waals surface area contributed by atoms with Crippen LogP contribution in [0, 0.1) is 5.41 Å². The Morgan fingerprint density at radius 3 is 2.41 bits per heavy atom. The number of anilines is 1. The number of hydrogen-bond donors (Lipinski definition) is 2. The van der Waals surface area contributed by atoms with Crippen LogP contribution in [0.3, 0.4) is 0 Å². The Bertz CT molecular complexity index is 369. The Morgan fingerprint density at radius 1 is 1.18 bits per heavy atom. The van der Waals surface area contributed by atoms with E-state index < -0.39 is 0 Å². The van der Waals surface area contributed by atoms with Crippen molar-refractivity contribution in [1.29, 1.82) is 0 Å². The minimum absolute atomic E-state index is 0.0888. The van der Waals surface area contributed by atoms with Gasteiger partial charge in [0, 0.05) is 12.2 Å². The van der Waals surface area contributed by atoms with Crippen LogP contribution < -0.4 is 11.1 Å². The number of carbonyl (C=O) groups excluding carboxylic acids is 1. The van der Waals surface area contributed by atoms with Crippen molar-refractivity contribution in [3.8, 4) is 0 Å². The first-order valence-electron chi connectivity index (χ1n) is 6.33. The molecule has 3 N–H and O–H groups in total. The summed E-state index contributed by atoms with van der Waals surface area (Å²) >= 11 is 0. The number of nitrogens with two attached hydrogens (primary N) is 1. The molecule has 17 heavy (non-hydrogen) atoms. The highest BCUT2D eigenvalue weighted by Crippen LogP contribution is 2.36. The zero-order chi connectivity index (χ0) is 12.1. The molecule has 0 aromatic heterocycles. The van der Waals surface area contributed by atoms with Crippen molar-refractivity contribution in [3.63, 3.8) is 0 Å². The molecule has 1 fully saturated rings. The van der Waals surface area contributed by atoms with Gasteiger partial charge in [0.1, 0.15) is 0 Å². The van der Waals surface area contributed by atoms with Crippen LogP contribution in [-0.4, -0.2) is 12.5 Å². The van der Waals surface area contributed by atoms with Gasteiger partial charge in [-0.15, -0.1) is 0 Å². The Hall–Kier alpha value is -1.35. The first-order chi connectivity index (χ1) is 8.27. The van der Waals surface area contributed by atoms with E-state index in [1.807, 2.05) is 30.3 Å². The third kappa shape index (κ3) is 2.67. The summed E-state index contributed by atoms with van der Waals surface area (Å²) in [5, 5.41) is 2.98. The number of para-hydroxylation sites is 1. The Morgan fingerprint density at radius 2 is 1.82 bits per heavy atom. The fraction of sp³-hybridized carbons (Fsp3) is 0.500. The molecule has 1 aromatic rings. The van der Waals surface area contributed by atoms with Gasteiger partial charge in [-0.2, -0.15) is 0 Å². The second-order valence-electron chi connectivity index (χ2n) is 4.87. The average Bonchev–Trinajstić information content (AvgIpc) is 2.40. The van der Waals surface area contributed by atoms with Gasteiger partial charge in [0.2, 0.25) is 5.91 Å². The lowest BCUT2D eigenvalue weighted by molar-refractivity contribution is -0.126. The Labute approximate surface area is 102 Å². The van der Waals surface area contributed by atoms with E-state index in [1.165, 1.54) is 6.42 Å². The van der Waals surface area contributed by atoms with Crippen LogP contribution in [0.15, 0.2) is 30.3 Å². The minimum atomic E-state index is -0.339. The molecule has 0 bridgehead atoms. The highest BCUT2D eigenvalue weighted by molar-refractivity contribution is 5.95. The van der Waals surface area contributed by atoms with E-state index in [1.54, 1.807) is 0 Å². The van der Waals surface area contributed by atoms with Gasteiger partial charge in [-0.3, -0.25) is 4.79 Å². The first kappa shape index (κ1) is 12.1. The molecule has 3 heteroatoms. The van der Waals surface area contributed by atoms with Crippen LogP contribution in [0.2, 0.25) is 0 Å². The summed E-state index contributed by atoms with van der Waals surface area (Å²) in [5.74, 6) is 0.0888. The van der Waals surface area contributed by atoms with E-state index in [4.69, 9.17) is 5.73 Å². The number of carbonyl (C=O) groups is 1. The third-order valence-electron chi connectivity index (χ3n) is 3.71. The van der Waals surface area contributed by atoms with E-state index in [2.05, 4.69) is 5.32 Å². The summed E-state index contributed by atoms with van der Waals surface area (Å²) < 4.78 is 0. The molecular formula is C14H20N2O. The van der Waals surface area contributed by atoms with Crippen LogP contribution in [0.25, 0.3) is 0 Å². The molecule has 0 unspecified atom stereocenters. The molecule has 2 rings (SSSR count). The van der Waals surface area contributed by atoms with E-state index in [0.29, 0.717) is 6.54 Å². The number of nitrogens with one attached hydrogen (secondary N) is 1. The smallest absolute Gasteiger partial charge is 0.231 e. The molecular weight excluding hydrogens is 212 g/mol. The standard InChI is InChI=1S/C14H20N2O/c15-11-14(9-5-2-6-10-14)13(17)16-12-7-3-1-4-8-12/h1,3-4,7-8H,2,5-6,9-11,15H2,(H,16,17). The van der Waals surface area contributed by atoms with Crippen molar-refractivity contribution < 1.29 is 4.79 Å². The van der Waals surface area contributed by atoms with Gasteiger partial charge in [-0.1, -0.05) is 37.5 Å². The second-order valence-corrected chi connectivity index (χ2v) is 4.87. The van der Waals surface area contributed by atoms with Crippen molar-refractivity contribution in [2.24, 2.45) is 11.1 Å². The summed E-state index contributed by atoms with van der Waals surface area (Å²) in [6.07, 6.45) is 5.28. The van der Waals surface area contributed by atoms with Gasteiger partial charge in [-0.25, -0.2) is 0 Å². The fourth-order valence-corrected chi connectivity index (χ4v) is 2.54. The molecule has 0 heterocycles. The van der Waals surface area contributed by atoms with Gasteiger partial charge in [0.05, 0.1) is 5.41 Å². The van der Waals surface area contributed by atoms with Crippen LogP contribution in [0.5, 0.6) is 0 Å². The van der Waals surface area contributed by atoms with Gasteiger partial charge in [0.15, 0.2) is 0 Å². The van der Waals surface area contributed by atoms with Gasteiger partial charge in [-0.05, 0) is 25.0 Å². The Kier molecular flexibility index (Phi) is 3.79. The van der Waals surface area contributed by atoms with Crippen molar-refractivity contribution in [2.45, 2.75) is 32.1 Å². The SMILES string of the molecule is NCC1(C(=O)Nc2ccccc2)CCCCC1. The zero-order valence-electron chi connectivity index (χ0n) is 10.1. The predicted molar refractivity (Wildman–Crippen MR) is 69.6 cm³/mol. The molecule has 0 saturated heterocycles. The quantitative estimate of drug-likeness (QED) is 0.841. The van der Waals surface area contributed by atoms with Crippen molar-refractivity contribution in [1.82, 2.24) is 0 Å². The zero-order valence-corrected chi connectivity index (χ0v) is 10.1. The van der Waals surface area contributed by atoms with Gasteiger partial charge < -0.3 is 11.1 Å². The fourth-order valence-electron chi connectivity index (χ4n) is 2.54.